The van der Waals surface area contributed by atoms with E-state index >= 15 is 0 Å². The number of nitrogens with zero attached hydrogens (tertiary/aromatic N) is 2. The van der Waals surface area contributed by atoms with Crippen LogP contribution in [0.2, 0.25) is 0 Å². The Labute approximate surface area is 82.5 Å². The van der Waals surface area contributed by atoms with Gasteiger partial charge in [-0.15, -0.1) is 0 Å². The fourth-order valence-corrected chi connectivity index (χ4v) is 1.84. The van der Waals surface area contributed by atoms with Crippen molar-refractivity contribution in [2.24, 2.45) is 5.92 Å². The molecule has 1 saturated carbocycles. The van der Waals surface area contributed by atoms with Gasteiger partial charge in [0.05, 0.1) is 0 Å². The van der Waals surface area contributed by atoms with Crippen LogP contribution in [0.25, 0.3) is 11.0 Å². The molecule has 0 bridgehead atoms. The van der Waals surface area contributed by atoms with Crippen molar-refractivity contribution in [2.75, 3.05) is 5.73 Å². The lowest BCUT2D eigenvalue weighted by Gasteiger charge is -2.02. The van der Waals surface area contributed by atoms with Crippen molar-refractivity contribution in [3.05, 3.63) is 24.5 Å². The Morgan fingerprint density at radius 2 is 2.29 bits per heavy atom. The first-order valence-corrected chi connectivity index (χ1v) is 5.04. The first-order valence-electron chi connectivity index (χ1n) is 5.04. The second kappa shape index (κ2) is 2.74. The molecule has 0 radical (unpaired) electrons. The quantitative estimate of drug-likeness (QED) is 0.781. The summed E-state index contributed by atoms with van der Waals surface area (Å²) >= 11 is 0. The van der Waals surface area contributed by atoms with E-state index in [1.807, 2.05) is 6.07 Å². The number of pyridine rings is 1. The lowest BCUT2D eigenvalue weighted by Crippen LogP contribution is -1.99. The number of fused-ring (bicyclic) bond motifs is 1. The molecule has 3 heteroatoms. The minimum atomic E-state index is 0.824. The Hall–Kier alpha value is -1.51. The Morgan fingerprint density at radius 3 is 3.07 bits per heavy atom. The van der Waals surface area contributed by atoms with Crippen molar-refractivity contribution in [2.45, 2.75) is 19.4 Å². The molecule has 0 aliphatic heterocycles. The number of nitrogens with two attached hydrogens (primary N) is 1. The van der Waals surface area contributed by atoms with Crippen LogP contribution in [0.3, 0.4) is 0 Å². The highest BCUT2D eigenvalue weighted by atomic mass is 15.0. The molecule has 1 aliphatic rings. The largest absolute Gasteiger partial charge is 0.398 e. The smallest absolute Gasteiger partial charge is 0.141 e. The molecule has 0 aromatic carbocycles. The fourth-order valence-electron chi connectivity index (χ4n) is 1.84. The van der Waals surface area contributed by atoms with Gasteiger partial charge in [0, 0.05) is 30.0 Å². The number of rotatable bonds is 2. The maximum Gasteiger partial charge on any atom is 0.141 e. The van der Waals surface area contributed by atoms with Gasteiger partial charge in [-0.25, -0.2) is 4.98 Å². The summed E-state index contributed by atoms with van der Waals surface area (Å²) in [6, 6.07) is 3.91. The van der Waals surface area contributed by atoms with E-state index in [1.54, 1.807) is 6.20 Å². The second-order valence-corrected chi connectivity index (χ2v) is 4.05. The molecule has 2 aromatic rings. The first kappa shape index (κ1) is 7.85. The molecule has 72 valence electrons. The van der Waals surface area contributed by atoms with Crippen LogP contribution < -0.4 is 5.73 Å². The molecule has 1 aliphatic carbocycles. The van der Waals surface area contributed by atoms with Crippen molar-refractivity contribution in [1.82, 2.24) is 9.55 Å². The summed E-state index contributed by atoms with van der Waals surface area (Å²) in [4.78, 5) is 4.37. The summed E-state index contributed by atoms with van der Waals surface area (Å²) in [7, 11) is 0. The highest BCUT2D eigenvalue weighted by Crippen LogP contribution is 2.32. The summed E-state index contributed by atoms with van der Waals surface area (Å²) in [5, 5.41) is 1.08. The maximum absolute atomic E-state index is 5.86. The fraction of sp³-hybridized carbons (Fsp3) is 0.364. The molecule has 0 saturated heterocycles. The van der Waals surface area contributed by atoms with Gasteiger partial charge < -0.3 is 10.3 Å². The Bertz CT molecular complexity index is 468. The van der Waals surface area contributed by atoms with Crippen LogP contribution in [0, 0.1) is 5.92 Å². The molecule has 0 spiro atoms. The SMILES string of the molecule is Nc1ccnc2c1ccn2CC1CC1. The van der Waals surface area contributed by atoms with E-state index in [4.69, 9.17) is 5.73 Å². The van der Waals surface area contributed by atoms with E-state index in [0.717, 1.165) is 29.2 Å². The lowest BCUT2D eigenvalue weighted by atomic mass is 10.3. The Kier molecular flexibility index (Phi) is 1.54. The molecular formula is C11H13N3. The highest BCUT2D eigenvalue weighted by molar-refractivity contribution is 5.88. The zero-order valence-corrected chi connectivity index (χ0v) is 7.98. The predicted octanol–water partition coefficient (Wildman–Crippen LogP) is 2.03. The van der Waals surface area contributed by atoms with Gasteiger partial charge in [-0.2, -0.15) is 0 Å². The molecule has 0 amide bonds. The molecule has 3 nitrogen and oxygen atoms in total. The van der Waals surface area contributed by atoms with E-state index in [-0.39, 0.29) is 0 Å². The van der Waals surface area contributed by atoms with Gasteiger partial charge in [0.2, 0.25) is 0 Å². The van der Waals surface area contributed by atoms with Crippen LogP contribution in [0.4, 0.5) is 5.69 Å². The molecular weight excluding hydrogens is 174 g/mol. The van der Waals surface area contributed by atoms with Gasteiger partial charge in [0.15, 0.2) is 0 Å². The monoisotopic (exact) mass is 187 g/mol. The average Bonchev–Trinajstić information content (AvgIpc) is 2.88. The summed E-state index contributed by atoms with van der Waals surface area (Å²) < 4.78 is 2.21. The van der Waals surface area contributed by atoms with Crippen LogP contribution in [-0.4, -0.2) is 9.55 Å². The summed E-state index contributed by atoms with van der Waals surface area (Å²) in [5.74, 6) is 0.869. The Morgan fingerprint density at radius 1 is 1.43 bits per heavy atom. The second-order valence-electron chi connectivity index (χ2n) is 4.05. The third-order valence-corrected chi connectivity index (χ3v) is 2.85. The molecule has 2 N–H and O–H groups in total. The molecule has 3 rings (SSSR count). The van der Waals surface area contributed by atoms with Crippen LogP contribution in [0.15, 0.2) is 24.5 Å². The molecule has 14 heavy (non-hydrogen) atoms. The van der Waals surface area contributed by atoms with Gasteiger partial charge >= 0.3 is 0 Å². The van der Waals surface area contributed by atoms with Crippen molar-refractivity contribution in [3.63, 3.8) is 0 Å². The summed E-state index contributed by atoms with van der Waals surface area (Å²) in [6.07, 6.45) is 6.59. The van der Waals surface area contributed by atoms with Gasteiger partial charge in [0.1, 0.15) is 5.65 Å². The van der Waals surface area contributed by atoms with Crippen molar-refractivity contribution < 1.29 is 0 Å². The van der Waals surface area contributed by atoms with Gasteiger partial charge in [-0.3, -0.25) is 0 Å². The van der Waals surface area contributed by atoms with Gasteiger partial charge in [0.25, 0.3) is 0 Å². The van der Waals surface area contributed by atoms with Gasteiger partial charge in [-0.05, 0) is 30.9 Å². The third-order valence-electron chi connectivity index (χ3n) is 2.85. The molecule has 2 heterocycles. The number of hydrogen-bond donors (Lipinski definition) is 1. The minimum Gasteiger partial charge on any atom is -0.398 e. The van der Waals surface area contributed by atoms with Crippen LogP contribution in [0.1, 0.15) is 12.8 Å². The highest BCUT2D eigenvalue weighted by Gasteiger charge is 2.22. The Balaban J connectivity index is 2.10. The predicted molar refractivity (Wildman–Crippen MR) is 56.9 cm³/mol. The number of hydrogen-bond acceptors (Lipinski definition) is 2. The van der Waals surface area contributed by atoms with E-state index < -0.39 is 0 Å². The number of nitrogen functional groups attached to an aromatic ring is 1. The third kappa shape index (κ3) is 1.16. The summed E-state index contributed by atoms with van der Waals surface area (Å²) in [6.45, 7) is 1.10. The van der Waals surface area contributed by atoms with E-state index in [2.05, 4.69) is 21.8 Å². The van der Waals surface area contributed by atoms with Crippen molar-refractivity contribution in [1.29, 1.82) is 0 Å². The van der Waals surface area contributed by atoms with E-state index in [9.17, 15) is 0 Å². The minimum absolute atomic E-state index is 0.824. The van der Waals surface area contributed by atoms with Crippen LogP contribution in [-0.2, 0) is 6.54 Å². The zero-order valence-electron chi connectivity index (χ0n) is 7.98. The first-order chi connectivity index (χ1) is 6.84. The van der Waals surface area contributed by atoms with Gasteiger partial charge in [-0.1, -0.05) is 0 Å². The van der Waals surface area contributed by atoms with E-state index in [0.29, 0.717) is 0 Å². The van der Waals surface area contributed by atoms with Crippen LogP contribution in [0.5, 0.6) is 0 Å². The number of aromatic nitrogens is 2. The van der Waals surface area contributed by atoms with E-state index in [1.165, 1.54) is 12.8 Å². The lowest BCUT2D eigenvalue weighted by molar-refractivity contribution is 0.643. The zero-order chi connectivity index (χ0) is 9.54. The standard InChI is InChI=1S/C11H13N3/c12-10-3-5-13-11-9(10)4-6-14(11)7-8-1-2-8/h3-6,8H,1-2,7H2,(H2,12,13). The molecule has 2 aromatic heterocycles. The molecule has 1 fully saturated rings. The topological polar surface area (TPSA) is 43.8 Å². The molecule has 0 atom stereocenters. The molecule has 0 unspecified atom stereocenters. The van der Waals surface area contributed by atoms with Crippen molar-refractivity contribution >= 4 is 16.7 Å². The number of anilines is 1. The van der Waals surface area contributed by atoms with Crippen molar-refractivity contribution in [3.8, 4) is 0 Å². The van der Waals surface area contributed by atoms with Crippen LogP contribution >= 0.6 is 0 Å². The maximum atomic E-state index is 5.86. The summed E-state index contributed by atoms with van der Waals surface area (Å²) in [5.41, 5.74) is 7.71. The normalized spacial score (nSPS) is 16.3. The average molecular weight is 187 g/mol.